The van der Waals surface area contributed by atoms with Crippen molar-refractivity contribution in [2.24, 2.45) is 0 Å². The smallest absolute Gasteiger partial charge is 0.117 e. The minimum atomic E-state index is 0.830. The minimum Gasteiger partial charge on any atom is -0.468 e. The summed E-state index contributed by atoms with van der Waals surface area (Å²) in [5.41, 5.74) is 0. The Balaban J connectivity index is 2.06. The van der Waals surface area contributed by atoms with Crippen molar-refractivity contribution in [1.29, 1.82) is 0 Å². The van der Waals surface area contributed by atoms with E-state index in [4.69, 9.17) is 9.15 Å². The van der Waals surface area contributed by atoms with Crippen LogP contribution < -0.4 is 5.32 Å². The lowest BCUT2D eigenvalue weighted by Crippen LogP contribution is -2.32. The molecular weight excluding hydrogens is 216 g/mol. The van der Waals surface area contributed by atoms with Gasteiger partial charge in [-0.2, -0.15) is 0 Å². The summed E-state index contributed by atoms with van der Waals surface area (Å²) in [4.78, 5) is 2.36. The van der Waals surface area contributed by atoms with Crippen molar-refractivity contribution in [3.8, 4) is 0 Å². The number of hydrogen-bond acceptors (Lipinski definition) is 4. The average molecular weight is 240 g/mol. The molecule has 0 aromatic carbocycles. The molecule has 0 saturated carbocycles. The Bertz CT molecular complexity index is 262. The summed E-state index contributed by atoms with van der Waals surface area (Å²) >= 11 is 0. The summed E-state index contributed by atoms with van der Waals surface area (Å²) in [6.45, 7) is 8.02. The Kier molecular flexibility index (Phi) is 7.71. The molecule has 17 heavy (non-hydrogen) atoms. The van der Waals surface area contributed by atoms with E-state index >= 15 is 0 Å². The standard InChI is InChI=1S/C13H24N2O2/c1-3-15(12-13-6-4-11-17-13)9-8-14-7-5-10-16-2/h4,6,11,14H,3,5,7-10,12H2,1-2H3. The number of methoxy groups -OCH3 is 1. The molecule has 0 bridgehead atoms. The quantitative estimate of drug-likeness (QED) is 0.632. The second kappa shape index (κ2) is 9.22. The number of rotatable bonds is 10. The van der Waals surface area contributed by atoms with E-state index in [9.17, 15) is 0 Å². The lowest BCUT2D eigenvalue weighted by atomic mass is 10.3. The van der Waals surface area contributed by atoms with Gasteiger partial charge in [0.2, 0.25) is 0 Å². The van der Waals surface area contributed by atoms with Gasteiger partial charge in [-0.15, -0.1) is 0 Å². The Morgan fingerprint density at radius 2 is 2.29 bits per heavy atom. The van der Waals surface area contributed by atoms with Gasteiger partial charge in [0.1, 0.15) is 5.76 Å². The molecule has 0 fully saturated rings. The van der Waals surface area contributed by atoms with Crippen LogP contribution in [0.5, 0.6) is 0 Å². The van der Waals surface area contributed by atoms with Crippen molar-refractivity contribution >= 4 is 0 Å². The van der Waals surface area contributed by atoms with Crippen molar-refractivity contribution in [3.63, 3.8) is 0 Å². The first-order valence-corrected chi connectivity index (χ1v) is 6.31. The van der Waals surface area contributed by atoms with Gasteiger partial charge in [0.25, 0.3) is 0 Å². The lowest BCUT2D eigenvalue weighted by molar-refractivity contribution is 0.193. The molecule has 0 spiro atoms. The summed E-state index contributed by atoms with van der Waals surface area (Å²) in [7, 11) is 1.74. The second-order valence-corrected chi connectivity index (χ2v) is 4.04. The molecule has 0 aliphatic heterocycles. The number of ether oxygens (including phenoxy) is 1. The zero-order valence-electron chi connectivity index (χ0n) is 10.9. The van der Waals surface area contributed by atoms with E-state index in [1.165, 1.54) is 0 Å². The fourth-order valence-corrected chi connectivity index (χ4v) is 1.68. The lowest BCUT2D eigenvalue weighted by Gasteiger charge is -2.19. The highest BCUT2D eigenvalue weighted by molar-refractivity contribution is 4.97. The van der Waals surface area contributed by atoms with E-state index in [-0.39, 0.29) is 0 Å². The molecule has 4 heteroatoms. The third kappa shape index (κ3) is 6.46. The molecule has 0 radical (unpaired) electrons. The Labute approximate surface area is 104 Å². The monoisotopic (exact) mass is 240 g/mol. The first-order chi connectivity index (χ1) is 8.36. The van der Waals surface area contributed by atoms with Crippen LogP contribution in [0.1, 0.15) is 19.1 Å². The summed E-state index contributed by atoms with van der Waals surface area (Å²) in [6.07, 6.45) is 2.80. The van der Waals surface area contributed by atoms with Crippen molar-refractivity contribution in [2.45, 2.75) is 19.9 Å². The van der Waals surface area contributed by atoms with Gasteiger partial charge in [0.05, 0.1) is 12.8 Å². The Morgan fingerprint density at radius 1 is 1.41 bits per heavy atom. The highest BCUT2D eigenvalue weighted by Gasteiger charge is 2.04. The van der Waals surface area contributed by atoms with Gasteiger partial charge in [-0.05, 0) is 31.6 Å². The van der Waals surface area contributed by atoms with Gasteiger partial charge in [-0.25, -0.2) is 0 Å². The van der Waals surface area contributed by atoms with E-state index in [1.807, 2.05) is 12.1 Å². The fourth-order valence-electron chi connectivity index (χ4n) is 1.68. The van der Waals surface area contributed by atoms with Crippen LogP contribution in [0.15, 0.2) is 22.8 Å². The van der Waals surface area contributed by atoms with Crippen molar-refractivity contribution in [3.05, 3.63) is 24.2 Å². The van der Waals surface area contributed by atoms with Crippen molar-refractivity contribution in [2.75, 3.05) is 39.9 Å². The molecule has 1 rings (SSSR count). The van der Waals surface area contributed by atoms with Crippen molar-refractivity contribution < 1.29 is 9.15 Å². The largest absolute Gasteiger partial charge is 0.468 e. The van der Waals surface area contributed by atoms with Crippen LogP contribution in [0.2, 0.25) is 0 Å². The van der Waals surface area contributed by atoms with E-state index in [0.29, 0.717) is 0 Å². The van der Waals surface area contributed by atoms with Crippen LogP contribution in [0, 0.1) is 0 Å². The summed E-state index contributed by atoms with van der Waals surface area (Å²) in [5, 5.41) is 3.41. The molecule has 0 atom stereocenters. The number of nitrogens with one attached hydrogen (secondary N) is 1. The van der Waals surface area contributed by atoms with Gasteiger partial charge < -0.3 is 14.5 Å². The first kappa shape index (κ1) is 14.2. The fraction of sp³-hybridized carbons (Fsp3) is 0.692. The molecule has 4 nitrogen and oxygen atoms in total. The molecule has 98 valence electrons. The highest BCUT2D eigenvalue weighted by Crippen LogP contribution is 2.04. The van der Waals surface area contributed by atoms with Gasteiger partial charge in [-0.1, -0.05) is 6.92 Å². The van der Waals surface area contributed by atoms with E-state index in [0.717, 1.165) is 51.5 Å². The molecular formula is C13H24N2O2. The predicted molar refractivity (Wildman–Crippen MR) is 69.0 cm³/mol. The molecule has 1 aromatic heterocycles. The number of nitrogens with zero attached hydrogens (tertiary/aromatic N) is 1. The molecule has 0 aliphatic carbocycles. The van der Waals surface area contributed by atoms with Crippen LogP contribution in [0.3, 0.4) is 0 Å². The number of likely N-dealkylation sites (N-methyl/N-ethyl adjacent to an activating group) is 1. The predicted octanol–water partition coefficient (Wildman–Crippen LogP) is 1.73. The summed E-state index contributed by atoms with van der Waals surface area (Å²) < 4.78 is 10.3. The third-order valence-electron chi connectivity index (χ3n) is 2.71. The molecule has 0 amide bonds. The van der Waals surface area contributed by atoms with E-state index in [2.05, 4.69) is 17.1 Å². The molecule has 1 N–H and O–H groups in total. The molecule has 0 unspecified atom stereocenters. The maximum Gasteiger partial charge on any atom is 0.117 e. The van der Waals surface area contributed by atoms with Gasteiger partial charge in [-0.3, -0.25) is 4.90 Å². The normalized spacial score (nSPS) is 11.2. The van der Waals surface area contributed by atoms with Gasteiger partial charge in [0, 0.05) is 26.8 Å². The van der Waals surface area contributed by atoms with Crippen LogP contribution in [-0.4, -0.2) is 44.8 Å². The van der Waals surface area contributed by atoms with Gasteiger partial charge in [0.15, 0.2) is 0 Å². The Hall–Kier alpha value is -0.840. The average Bonchev–Trinajstić information content (AvgIpc) is 2.85. The summed E-state index contributed by atoms with van der Waals surface area (Å²) in [5.74, 6) is 1.03. The number of hydrogen-bond donors (Lipinski definition) is 1. The minimum absolute atomic E-state index is 0.830. The van der Waals surface area contributed by atoms with Crippen LogP contribution >= 0.6 is 0 Å². The number of furan rings is 1. The van der Waals surface area contributed by atoms with Gasteiger partial charge >= 0.3 is 0 Å². The van der Waals surface area contributed by atoms with Crippen LogP contribution in [0.25, 0.3) is 0 Å². The molecule has 0 aliphatic rings. The Morgan fingerprint density at radius 3 is 2.94 bits per heavy atom. The second-order valence-electron chi connectivity index (χ2n) is 4.04. The first-order valence-electron chi connectivity index (χ1n) is 6.31. The zero-order chi connectivity index (χ0) is 12.3. The molecule has 1 heterocycles. The summed E-state index contributed by atoms with van der Waals surface area (Å²) in [6, 6.07) is 3.96. The van der Waals surface area contributed by atoms with Crippen molar-refractivity contribution in [1.82, 2.24) is 10.2 Å². The maximum absolute atomic E-state index is 5.35. The van der Waals surface area contributed by atoms with E-state index < -0.39 is 0 Å². The highest BCUT2D eigenvalue weighted by atomic mass is 16.5. The van der Waals surface area contributed by atoms with E-state index in [1.54, 1.807) is 13.4 Å². The SMILES string of the molecule is CCN(CCNCCCOC)Cc1ccco1. The zero-order valence-corrected chi connectivity index (χ0v) is 10.9. The third-order valence-corrected chi connectivity index (χ3v) is 2.71. The molecule has 0 saturated heterocycles. The molecule has 1 aromatic rings. The van der Waals surface area contributed by atoms with Crippen LogP contribution in [-0.2, 0) is 11.3 Å². The maximum atomic E-state index is 5.35. The van der Waals surface area contributed by atoms with Crippen LogP contribution in [0.4, 0.5) is 0 Å². The topological polar surface area (TPSA) is 37.6 Å².